The molecular formula is C15H12N2S. The molecule has 3 aromatic rings. The number of nitrogens with zero attached hydrogens (tertiary/aromatic N) is 1. The Bertz CT molecular complexity index is 697. The number of fused-ring (bicyclic) bond motifs is 2. The standard InChI is InChI=1S/C15H12N2S/c1-2-4-14-12(3-1)17-15(18-14)11-6-5-10-7-8-16-13(10)9-11/h1-6,9,16H,7-8H2. The molecule has 88 valence electrons. The SMILES string of the molecule is c1ccc2sc(-c3ccc4c(c3)NCC4)nc2c1. The van der Waals surface area contributed by atoms with Crippen LogP contribution in [0, 0.1) is 0 Å². The van der Waals surface area contributed by atoms with Crippen molar-refractivity contribution in [2.24, 2.45) is 0 Å². The van der Waals surface area contributed by atoms with Gasteiger partial charge in [0, 0.05) is 17.8 Å². The number of hydrogen-bond donors (Lipinski definition) is 1. The maximum absolute atomic E-state index is 4.70. The van der Waals surface area contributed by atoms with E-state index in [9.17, 15) is 0 Å². The largest absolute Gasteiger partial charge is 0.384 e. The van der Waals surface area contributed by atoms with Crippen molar-refractivity contribution in [3.63, 3.8) is 0 Å². The van der Waals surface area contributed by atoms with Crippen molar-refractivity contribution in [3.8, 4) is 10.6 Å². The van der Waals surface area contributed by atoms with Crippen molar-refractivity contribution in [1.82, 2.24) is 4.98 Å². The molecule has 0 fully saturated rings. The lowest BCUT2D eigenvalue weighted by atomic mass is 10.1. The molecule has 2 aromatic carbocycles. The monoisotopic (exact) mass is 252 g/mol. The lowest BCUT2D eigenvalue weighted by Crippen LogP contribution is -1.90. The third-order valence-electron chi connectivity index (χ3n) is 3.36. The molecule has 0 atom stereocenters. The molecule has 18 heavy (non-hydrogen) atoms. The highest BCUT2D eigenvalue weighted by atomic mass is 32.1. The Morgan fingerprint density at radius 2 is 2.06 bits per heavy atom. The Balaban J connectivity index is 1.86. The van der Waals surface area contributed by atoms with Gasteiger partial charge < -0.3 is 5.32 Å². The molecule has 0 aliphatic carbocycles. The number of nitrogens with one attached hydrogen (secondary N) is 1. The van der Waals surface area contributed by atoms with E-state index in [4.69, 9.17) is 4.98 Å². The number of hydrogen-bond acceptors (Lipinski definition) is 3. The van der Waals surface area contributed by atoms with Crippen LogP contribution in [0.2, 0.25) is 0 Å². The topological polar surface area (TPSA) is 24.9 Å². The second kappa shape index (κ2) is 3.82. The van der Waals surface area contributed by atoms with Gasteiger partial charge in [0.25, 0.3) is 0 Å². The molecule has 0 saturated heterocycles. The van der Waals surface area contributed by atoms with Gasteiger partial charge in [0.15, 0.2) is 0 Å². The van der Waals surface area contributed by atoms with E-state index in [2.05, 4.69) is 41.7 Å². The molecule has 2 nitrogen and oxygen atoms in total. The molecule has 1 aromatic heterocycles. The summed E-state index contributed by atoms with van der Waals surface area (Å²) < 4.78 is 1.25. The predicted molar refractivity (Wildman–Crippen MR) is 77.2 cm³/mol. The number of para-hydroxylation sites is 1. The fraction of sp³-hybridized carbons (Fsp3) is 0.133. The Morgan fingerprint density at radius 3 is 3.00 bits per heavy atom. The van der Waals surface area contributed by atoms with Gasteiger partial charge in [-0.05, 0) is 30.2 Å². The van der Waals surface area contributed by atoms with Gasteiger partial charge in [-0.2, -0.15) is 0 Å². The summed E-state index contributed by atoms with van der Waals surface area (Å²) in [5.74, 6) is 0. The van der Waals surface area contributed by atoms with Crippen LogP contribution in [0.4, 0.5) is 5.69 Å². The van der Waals surface area contributed by atoms with Crippen LogP contribution in [0.1, 0.15) is 5.56 Å². The minimum absolute atomic E-state index is 1.05. The molecular weight excluding hydrogens is 240 g/mol. The first-order valence-electron chi connectivity index (χ1n) is 6.13. The second-order valence-electron chi connectivity index (χ2n) is 4.54. The molecule has 1 aliphatic heterocycles. The zero-order chi connectivity index (χ0) is 11.9. The summed E-state index contributed by atoms with van der Waals surface area (Å²) in [6, 6.07) is 14.9. The molecule has 0 radical (unpaired) electrons. The first kappa shape index (κ1) is 10.1. The van der Waals surface area contributed by atoms with E-state index in [1.807, 2.05) is 6.07 Å². The summed E-state index contributed by atoms with van der Waals surface area (Å²) in [7, 11) is 0. The molecule has 3 heteroatoms. The fourth-order valence-corrected chi connectivity index (χ4v) is 3.38. The second-order valence-corrected chi connectivity index (χ2v) is 5.57. The van der Waals surface area contributed by atoms with Crippen LogP contribution in [0.3, 0.4) is 0 Å². The molecule has 0 unspecified atom stereocenters. The highest BCUT2D eigenvalue weighted by Gasteiger charge is 2.12. The molecule has 4 rings (SSSR count). The minimum Gasteiger partial charge on any atom is -0.384 e. The molecule has 0 bridgehead atoms. The van der Waals surface area contributed by atoms with E-state index in [1.54, 1.807) is 11.3 Å². The number of aromatic nitrogens is 1. The minimum atomic E-state index is 1.05. The van der Waals surface area contributed by atoms with Crippen LogP contribution in [0.25, 0.3) is 20.8 Å². The van der Waals surface area contributed by atoms with Crippen LogP contribution < -0.4 is 5.32 Å². The van der Waals surface area contributed by atoms with E-state index in [0.29, 0.717) is 0 Å². The van der Waals surface area contributed by atoms with Crippen molar-refractivity contribution in [2.75, 3.05) is 11.9 Å². The number of thiazole rings is 1. The average molecular weight is 252 g/mol. The lowest BCUT2D eigenvalue weighted by Gasteiger charge is -2.01. The van der Waals surface area contributed by atoms with Crippen LogP contribution in [-0.4, -0.2) is 11.5 Å². The zero-order valence-corrected chi connectivity index (χ0v) is 10.6. The first-order chi connectivity index (χ1) is 8.90. The Labute approximate surface area is 109 Å². The van der Waals surface area contributed by atoms with Crippen molar-refractivity contribution in [3.05, 3.63) is 48.0 Å². The van der Waals surface area contributed by atoms with E-state index in [0.717, 1.165) is 23.5 Å². The Kier molecular flexibility index (Phi) is 2.14. The van der Waals surface area contributed by atoms with Gasteiger partial charge in [-0.1, -0.05) is 24.3 Å². The number of anilines is 1. The highest BCUT2D eigenvalue weighted by molar-refractivity contribution is 7.21. The quantitative estimate of drug-likeness (QED) is 0.709. The highest BCUT2D eigenvalue weighted by Crippen LogP contribution is 2.33. The van der Waals surface area contributed by atoms with Gasteiger partial charge in [0.2, 0.25) is 0 Å². The van der Waals surface area contributed by atoms with Gasteiger partial charge in [0.1, 0.15) is 5.01 Å². The molecule has 2 heterocycles. The van der Waals surface area contributed by atoms with Gasteiger partial charge in [-0.3, -0.25) is 0 Å². The summed E-state index contributed by atoms with van der Waals surface area (Å²) in [5, 5.41) is 4.53. The van der Waals surface area contributed by atoms with Gasteiger partial charge in [-0.25, -0.2) is 4.98 Å². The van der Waals surface area contributed by atoms with E-state index in [1.165, 1.54) is 21.5 Å². The van der Waals surface area contributed by atoms with Crippen molar-refractivity contribution in [1.29, 1.82) is 0 Å². The van der Waals surface area contributed by atoms with Crippen LogP contribution in [-0.2, 0) is 6.42 Å². The third kappa shape index (κ3) is 1.51. The molecule has 0 saturated carbocycles. The van der Waals surface area contributed by atoms with Crippen LogP contribution >= 0.6 is 11.3 Å². The van der Waals surface area contributed by atoms with Crippen LogP contribution in [0.5, 0.6) is 0 Å². The average Bonchev–Trinajstić information content (AvgIpc) is 3.04. The Morgan fingerprint density at radius 1 is 1.11 bits per heavy atom. The van der Waals surface area contributed by atoms with E-state index in [-0.39, 0.29) is 0 Å². The third-order valence-corrected chi connectivity index (χ3v) is 4.45. The predicted octanol–water partition coefficient (Wildman–Crippen LogP) is 3.93. The normalized spacial score (nSPS) is 13.6. The zero-order valence-electron chi connectivity index (χ0n) is 9.81. The summed E-state index contributed by atoms with van der Waals surface area (Å²) in [6.07, 6.45) is 1.13. The Hall–Kier alpha value is -1.87. The fourth-order valence-electron chi connectivity index (χ4n) is 2.42. The number of rotatable bonds is 1. The van der Waals surface area contributed by atoms with E-state index < -0.39 is 0 Å². The van der Waals surface area contributed by atoms with Crippen LogP contribution in [0.15, 0.2) is 42.5 Å². The summed E-state index contributed by atoms with van der Waals surface area (Å²) in [5.41, 5.74) is 4.99. The van der Waals surface area contributed by atoms with Crippen molar-refractivity contribution >= 4 is 27.2 Å². The molecule has 0 amide bonds. The summed E-state index contributed by atoms with van der Waals surface area (Å²) in [4.78, 5) is 4.70. The summed E-state index contributed by atoms with van der Waals surface area (Å²) >= 11 is 1.76. The maximum Gasteiger partial charge on any atom is 0.124 e. The van der Waals surface area contributed by atoms with Gasteiger partial charge in [0.05, 0.1) is 10.2 Å². The molecule has 0 spiro atoms. The van der Waals surface area contributed by atoms with Gasteiger partial charge in [-0.15, -0.1) is 11.3 Å². The summed E-state index contributed by atoms with van der Waals surface area (Å²) in [6.45, 7) is 1.05. The van der Waals surface area contributed by atoms with Crippen molar-refractivity contribution in [2.45, 2.75) is 6.42 Å². The first-order valence-corrected chi connectivity index (χ1v) is 6.94. The maximum atomic E-state index is 4.70. The smallest absolute Gasteiger partial charge is 0.124 e. The van der Waals surface area contributed by atoms with Crippen molar-refractivity contribution < 1.29 is 0 Å². The lowest BCUT2D eigenvalue weighted by molar-refractivity contribution is 1.11. The number of benzene rings is 2. The molecule has 1 aliphatic rings. The molecule has 1 N–H and O–H groups in total. The van der Waals surface area contributed by atoms with E-state index >= 15 is 0 Å². The van der Waals surface area contributed by atoms with Gasteiger partial charge >= 0.3 is 0 Å².